The third-order valence-corrected chi connectivity index (χ3v) is 5.12. The topological polar surface area (TPSA) is 50.5 Å². The predicted octanol–water partition coefficient (Wildman–Crippen LogP) is 5.79. The molecule has 0 radical (unpaired) electrons. The van der Waals surface area contributed by atoms with Crippen LogP contribution in [0, 0.1) is 5.82 Å². The van der Waals surface area contributed by atoms with Crippen LogP contribution in [0.5, 0.6) is 0 Å². The van der Waals surface area contributed by atoms with Crippen LogP contribution in [0.3, 0.4) is 0 Å². The third-order valence-electron chi connectivity index (χ3n) is 5.12. The summed E-state index contributed by atoms with van der Waals surface area (Å²) in [5, 5.41) is 0.322. The highest BCUT2D eigenvalue weighted by atomic mass is 19.4. The largest absolute Gasteiger partial charge is 0.464 e. The molecule has 4 nitrogen and oxygen atoms in total. The molecule has 0 aliphatic carbocycles. The number of nitrogens with zero attached hydrogens (tertiary/aromatic N) is 1. The van der Waals surface area contributed by atoms with Crippen LogP contribution in [0.2, 0.25) is 0 Å². The molecule has 33 heavy (non-hydrogen) atoms. The molecule has 0 aliphatic heterocycles. The van der Waals surface area contributed by atoms with Gasteiger partial charge in [-0.1, -0.05) is 30.3 Å². The maximum atomic E-state index is 13.3. The van der Waals surface area contributed by atoms with Crippen molar-refractivity contribution in [2.75, 3.05) is 0 Å². The predicted molar refractivity (Wildman–Crippen MR) is 114 cm³/mol. The van der Waals surface area contributed by atoms with Gasteiger partial charge in [-0.3, -0.25) is 9.59 Å². The average molecular weight is 455 g/mol. The van der Waals surface area contributed by atoms with Gasteiger partial charge in [0.2, 0.25) is 0 Å². The maximum Gasteiger partial charge on any atom is 0.416 e. The first-order valence-electron chi connectivity index (χ1n) is 9.93. The van der Waals surface area contributed by atoms with Gasteiger partial charge in [0, 0.05) is 12.1 Å². The van der Waals surface area contributed by atoms with Crippen molar-refractivity contribution in [3.05, 3.63) is 117 Å². The van der Waals surface area contributed by atoms with E-state index in [1.807, 2.05) is 0 Å². The molecule has 0 saturated heterocycles. The molecule has 1 aromatic heterocycles. The van der Waals surface area contributed by atoms with E-state index in [0.717, 1.165) is 18.2 Å². The van der Waals surface area contributed by atoms with Crippen LogP contribution in [0.15, 0.2) is 88.3 Å². The molecule has 1 heterocycles. The summed E-state index contributed by atoms with van der Waals surface area (Å²) in [6, 6.07) is 16.0. The Morgan fingerprint density at radius 3 is 2.36 bits per heavy atom. The maximum absolute atomic E-state index is 13.3. The molecule has 4 aromatic rings. The number of hydrogen-bond donors (Lipinski definition) is 0. The molecule has 3 aromatic carbocycles. The Bertz CT molecular complexity index is 1360. The summed E-state index contributed by atoms with van der Waals surface area (Å²) >= 11 is 0. The van der Waals surface area contributed by atoms with E-state index in [9.17, 15) is 27.2 Å². The Morgan fingerprint density at radius 2 is 1.64 bits per heavy atom. The van der Waals surface area contributed by atoms with Crippen molar-refractivity contribution in [1.29, 1.82) is 0 Å². The van der Waals surface area contributed by atoms with Crippen molar-refractivity contribution in [3.8, 4) is 0 Å². The molecule has 0 unspecified atom stereocenters. The van der Waals surface area contributed by atoms with Crippen molar-refractivity contribution < 1.29 is 26.8 Å². The van der Waals surface area contributed by atoms with Crippen molar-refractivity contribution in [2.24, 2.45) is 0 Å². The molecule has 0 atom stereocenters. The second kappa shape index (κ2) is 8.90. The molecule has 1 amide bonds. The molecule has 0 saturated carbocycles. The molecule has 0 aliphatic rings. The molecule has 0 spiro atoms. The number of rotatable bonds is 5. The molecular formula is C25H17F4NO3. The van der Waals surface area contributed by atoms with Gasteiger partial charge in [-0.2, -0.15) is 13.2 Å². The van der Waals surface area contributed by atoms with E-state index >= 15 is 0 Å². The summed E-state index contributed by atoms with van der Waals surface area (Å²) in [5.74, 6) is -1.18. The van der Waals surface area contributed by atoms with E-state index in [0.29, 0.717) is 16.5 Å². The number of hydrogen-bond acceptors (Lipinski definition) is 3. The standard InChI is InChI=1S/C25H17F4NO3/c26-20-10-8-16(9-11-20)13-30(24(32)17-4-3-5-19(12-17)25(27,28)29)14-18-15-33-22-7-2-1-6-21(22)23(18)31/h1-12,15H,13-14H2. The van der Waals surface area contributed by atoms with E-state index in [1.165, 1.54) is 41.5 Å². The molecular weight excluding hydrogens is 438 g/mol. The van der Waals surface area contributed by atoms with Gasteiger partial charge in [0.1, 0.15) is 11.4 Å². The number of fused-ring (bicyclic) bond motifs is 1. The number of halogens is 4. The van der Waals surface area contributed by atoms with E-state index in [-0.39, 0.29) is 29.6 Å². The highest BCUT2D eigenvalue weighted by molar-refractivity contribution is 5.94. The van der Waals surface area contributed by atoms with Gasteiger partial charge in [-0.25, -0.2) is 4.39 Å². The number of carbonyl (C=O) groups excluding carboxylic acids is 1. The number of para-hydroxylation sites is 1. The third kappa shape index (κ3) is 4.95. The van der Waals surface area contributed by atoms with Gasteiger partial charge in [0.15, 0.2) is 5.43 Å². The summed E-state index contributed by atoms with van der Waals surface area (Å²) in [4.78, 5) is 27.4. The average Bonchev–Trinajstić information content (AvgIpc) is 2.81. The zero-order valence-electron chi connectivity index (χ0n) is 17.1. The van der Waals surface area contributed by atoms with Crippen LogP contribution < -0.4 is 5.43 Å². The van der Waals surface area contributed by atoms with E-state index in [4.69, 9.17) is 4.42 Å². The van der Waals surface area contributed by atoms with Gasteiger partial charge >= 0.3 is 6.18 Å². The van der Waals surface area contributed by atoms with Gasteiger partial charge in [-0.15, -0.1) is 0 Å². The summed E-state index contributed by atoms with van der Waals surface area (Å²) in [7, 11) is 0. The van der Waals surface area contributed by atoms with Gasteiger partial charge < -0.3 is 9.32 Å². The smallest absolute Gasteiger partial charge is 0.416 e. The fourth-order valence-corrected chi connectivity index (χ4v) is 3.45. The first kappa shape index (κ1) is 22.3. The van der Waals surface area contributed by atoms with Gasteiger partial charge in [-0.05, 0) is 48.0 Å². The van der Waals surface area contributed by atoms with Crippen LogP contribution in [0.4, 0.5) is 17.6 Å². The summed E-state index contributed by atoms with van der Waals surface area (Å²) in [6.45, 7) is -0.263. The molecule has 8 heteroatoms. The lowest BCUT2D eigenvalue weighted by atomic mass is 10.1. The summed E-state index contributed by atoms with van der Waals surface area (Å²) < 4.78 is 58.3. The number of alkyl halides is 3. The SMILES string of the molecule is O=C(c1cccc(C(F)(F)F)c1)N(Cc1ccc(F)cc1)Cc1coc2ccccc2c1=O. The quantitative estimate of drug-likeness (QED) is 0.358. The van der Waals surface area contributed by atoms with E-state index in [2.05, 4.69) is 0 Å². The molecule has 4 rings (SSSR count). The minimum Gasteiger partial charge on any atom is -0.464 e. The van der Waals surface area contributed by atoms with Crippen molar-refractivity contribution in [1.82, 2.24) is 4.90 Å². The zero-order valence-corrected chi connectivity index (χ0v) is 17.1. The van der Waals surface area contributed by atoms with Crippen LogP contribution in [0.25, 0.3) is 11.0 Å². The Kier molecular flexibility index (Phi) is 6.00. The number of benzene rings is 3. The van der Waals surface area contributed by atoms with Crippen LogP contribution in [0.1, 0.15) is 27.0 Å². The van der Waals surface area contributed by atoms with Gasteiger partial charge in [0.05, 0.1) is 29.3 Å². The monoisotopic (exact) mass is 455 g/mol. The normalized spacial score (nSPS) is 11.5. The minimum atomic E-state index is -4.61. The lowest BCUT2D eigenvalue weighted by molar-refractivity contribution is -0.137. The zero-order chi connectivity index (χ0) is 23.6. The Labute approximate surface area is 185 Å². The fraction of sp³-hybridized carbons (Fsp3) is 0.120. The summed E-state index contributed by atoms with van der Waals surface area (Å²) in [6.07, 6.45) is -3.38. The number of amides is 1. The van der Waals surface area contributed by atoms with Gasteiger partial charge in [0.25, 0.3) is 5.91 Å². The molecule has 0 fully saturated rings. The second-order valence-corrected chi connectivity index (χ2v) is 7.45. The molecule has 168 valence electrons. The Morgan fingerprint density at radius 1 is 0.909 bits per heavy atom. The minimum absolute atomic E-state index is 0.0539. The molecule has 0 N–H and O–H groups in total. The van der Waals surface area contributed by atoms with Crippen LogP contribution in [-0.4, -0.2) is 10.8 Å². The lowest BCUT2D eigenvalue weighted by Gasteiger charge is -2.23. The van der Waals surface area contributed by atoms with E-state index < -0.39 is 23.5 Å². The van der Waals surface area contributed by atoms with E-state index in [1.54, 1.807) is 24.3 Å². The van der Waals surface area contributed by atoms with Crippen molar-refractivity contribution >= 4 is 16.9 Å². The Hall–Kier alpha value is -3.94. The van der Waals surface area contributed by atoms with Crippen molar-refractivity contribution in [2.45, 2.75) is 19.3 Å². The van der Waals surface area contributed by atoms with Crippen LogP contribution in [-0.2, 0) is 19.3 Å². The molecule has 0 bridgehead atoms. The first-order chi connectivity index (χ1) is 15.7. The first-order valence-corrected chi connectivity index (χ1v) is 9.93. The Balaban J connectivity index is 1.72. The highest BCUT2D eigenvalue weighted by Crippen LogP contribution is 2.30. The number of carbonyl (C=O) groups is 1. The fourth-order valence-electron chi connectivity index (χ4n) is 3.45. The second-order valence-electron chi connectivity index (χ2n) is 7.45. The lowest BCUT2D eigenvalue weighted by Crippen LogP contribution is -2.32. The highest BCUT2D eigenvalue weighted by Gasteiger charge is 2.31. The van der Waals surface area contributed by atoms with Crippen LogP contribution >= 0.6 is 0 Å². The van der Waals surface area contributed by atoms with Crippen molar-refractivity contribution in [3.63, 3.8) is 0 Å². The summed E-state index contributed by atoms with van der Waals surface area (Å²) in [5.41, 5.74) is -0.409.